The van der Waals surface area contributed by atoms with Crippen LogP contribution in [0.1, 0.15) is 46.9 Å². The first kappa shape index (κ1) is 24.3. The first-order valence-corrected chi connectivity index (χ1v) is 11.7. The molecule has 0 bridgehead atoms. The van der Waals surface area contributed by atoms with E-state index in [1.165, 1.54) is 18.7 Å². The van der Waals surface area contributed by atoms with Gasteiger partial charge < -0.3 is 23.8 Å². The van der Waals surface area contributed by atoms with E-state index in [2.05, 4.69) is 0 Å². The summed E-state index contributed by atoms with van der Waals surface area (Å²) >= 11 is 0. The number of carbonyl (C=O) groups excluding carboxylic acids is 5. The summed E-state index contributed by atoms with van der Waals surface area (Å²) < 4.78 is 22.6. The van der Waals surface area contributed by atoms with Crippen molar-refractivity contribution in [1.29, 1.82) is 0 Å². The van der Waals surface area contributed by atoms with Gasteiger partial charge >= 0.3 is 11.9 Å². The molecule has 2 aromatic carbocycles. The van der Waals surface area contributed by atoms with Crippen LogP contribution in [-0.4, -0.2) is 65.4 Å². The lowest BCUT2D eigenvalue weighted by Gasteiger charge is -2.47. The van der Waals surface area contributed by atoms with Crippen LogP contribution in [0.5, 0.6) is 17.2 Å². The Kier molecular flexibility index (Phi) is 6.06. The number of hydrogen-bond acceptors (Lipinski definition) is 9. The molecule has 3 aliphatic heterocycles. The predicted molar refractivity (Wildman–Crippen MR) is 125 cm³/mol. The Morgan fingerprint density at radius 1 is 1.05 bits per heavy atom. The first-order chi connectivity index (χ1) is 17.7. The highest BCUT2D eigenvalue weighted by molar-refractivity contribution is 6.05. The number of carbonyl (C=O) groups is 5. The minimum absolute atomic E-state index is 0.00689. The molecule has 2 aromatic rings. The minimum Gasteiger partial charge on any atom is -0.460 e. The maximum atomic E-state index is 13.4. The molecule has 0 spiro atoms. The van der Waals surface area contributed by atoms with Gasteiger partial charge in [-0.15, -0.1) is 0 Å². The summed E-state index contributed by atoms with van der Waals surface area (Å²) in [5.74, 6) is -1.96. The Morgan fingerprint density at radius 2 is 1.76 bits per heavy atom. The molecule has 3 aliphatic rings. The second kappa shape index (κ2) is 9.23. The Bertz CT molecular complexity index is 1340. The van der Waals surface area contributed by atoms with Crippen LogP contribution in [0.3, 0.4) is 0 Å². The Balaban J connectivity index is 1.65. The van der Waals surface area contributed by atoms with Crippen LogP contribution in [0, 0.1) is 6.92 Å². The summed E-state index contributed by atoms with van der Waals surface area (Å²) in [5, 5.41) is 0. The van der Waals surface area contributed by atoms with E-state index in [-0.39, 0.29) is 25.6 Å². The predicted octanol–water partition coefficient (Wildman–Crippen LogP) is 1.69. The van der Waals surface area contributed by atoms with Gasteiger partial charge in [-0.3, -0.25) is 24.1 Å². The number of fused-ring (bicyclic) bond motifs is 4. The van der Waals surface area contributed by atoms with Gasteiger partial charge in [0.25, 0.3) is 5.91 Å². The lowest BCUT2D eigenvalue weighted by molar-refractivity contribution is -0.165. The van der Waals surface area contributed by atoms with Crippen LogP contribution >= 0.6 is 0 Å². The molecule has 0 aliphatic carbocycles. The van der Waals surface area contributed by atoms with E-state index in [1.807, 2.05) is 0 Å². The molecule has 1 fully saturated rings. The first-order valence-electron chi connectivity index (χ1n) is 11.7. The molecule has 0 aromatic heterocycles. The van der Waals surface area contributed by atoms with Crippen molar-refractivity contribution in [3.63, 3.8) is 0 Å². The number of imide groups is 1. The van der Waals surface area contributed by atoms with Crippen molar-refractivity contribution in [3.05, 3.63) is 52.6 Å². The number of hydrogen-bond donors (Lipinski definition) is 0. The van der Waals surface area contributed by atoms with Crippen molar-refractivity contribution in [3.8, 4) is 17.2 Å². The normalized spacial score (nSPS) is 19.8. The average Bonchev–Trinajstić information content (AvgIpc) is 3.37. The van der Waals surface area contributed by atoms with E-state index in [1.54, 1.807) is 37.3 Å². The summed E-state index contributed by atoms with van der Waals surface area (Å²) in [5.41, 5.74) is 1.66. The zero-order valence-corrected chi connectivity index (χ0v) is 20.4. The highest BCUT2D eigenvalue weighted by Crippen LogP contribution is 2.52. The zero-order chi connectivity index (χ0) is 26.4. The van der Waals surface area contributed by atoms with Crippen molar-refractivity contribution < 1.29 is 42.9 Å². The van der Waals surface area contributed by atoms with Gasteiger partial charge in [-0.05, 0) is 19.1 Å². The van der Waals surface area contributed by atoms with E-state index in [0.717, 1.165) is 4.90 Å². The van der Waals surface area contributed by atoms with Gasteiger partial charge in [0, 0.05) is 37.0 Å². The summed E-state index contributed by atoms with van der Waals surface area (Å²) in [6.45, 7) is 3.28. The molecule has 0 unspecified atom stereocenters. The summed E-state index contributed by atoms with van der Waals surface area (Å²) in [6, 6.07) is 6.27. The van der Waals surface area contributed by atoms with Crippen molar-refractivity contribution in [2.75, 3.05) is 19.9 Å². The summed E-state index contributed by atoms with van der Waals surface area (Å²) in [4.78, 5) is 65.9. The lowest BCUT2D eigenvalue weighted by atomic mass is 9.83. The van der Waals surface area contributed by atoms with Gasteiger partial charge in [0.15, 0.2) is 11.5 Å². The number of esters is 2. The van der Waals surface area contributed by atoms with E-state index in [0.29, 0.717) is 33.8 Å². The highest BCUT2D eigenvalue weighted by Gasteiger charge is 2.51. The molecule has 192 valence electrons. The van der Waals surface area contributed by atoms with Crippen LogP contribution in [0.25, 0.3) is 0 Å². The second-order valence-electron chi connectivity index (χ2n) is 8.95. The Morgan fingerprint density at radius 3 is 2.43 bits per heavy atom. The number of amides is 3. The SMILES string of the molecule is CC(=O)Oc1c(C)c2c(c3c1[C@H](COC(=O)c1ccccc1)N1C(=O)CN(C(C)=O)C(=O)[C@H]1C3)OCO2. The molecule has 3 amide bonds. The molecule has 0 radical (unpaired) electrons. The van der Waals surface area contributed by atoms with E-state index < -0.39 is 48.3 Å². The molecule has 3 heterocycles. The molecule has 0 saturated carbocycles. The molecular weight excluding hydrogens is 484 g/mol. The van der Waals surface area contributed by atoms with E-state index in [9.17, 15) is 24.0 Å². The quantitative estimate of drug-likeness (QED) is 0.448. The summed E-state index contributed by atoms with van der Waals surface area (Å²) in [6.07, 6.45) is -0.00689. The fraction of sp³-hybridized carbons (Fsp3) is 0.346. The van der Waals surface area contributed by atoms with Gasteiger partial charge in [-0.2, -0.15) is 0 Å². The second-order valence-corrected chi connectivity index (χ2v) is 8.95. The Hall–Kier alpha value is -4.41. The maximum absolute atomic E-state index is 13.4. The summed E-state index contributed by atoms with van der Waals surface area (Å²) in [7, 11) is 0. The smallest absolute Gasteiger partial charge is 0.338 e. The third-order valence-electron chi connectivity index (χ3n) is 6.68. The fourth-order valence-corrected chi connectivity index (χ4v) is 5.09. The van der Waals surface area contributed by atoms with Crippen LogP contribution in [-0.2, 0) is 30.3 Å². The van der Waals surface area contributed by atoms with Gasteiger partial charge in [-0.25, -0.2) is 4.79 Å². The molecule has 5 rings (SSSR count). The van der Waals surface area contributed by atoms with Crippen LogP contribution in [0.15, 0.2) is 30.3 Å². The third-order valence-corrected chi connectivity index (χ3v) is 6.68. The van der Waals surface area contributed by atoms with Gasteiger partial charge in [0.2, 0.25) is 18.6 Å². The minimum atomic E-state index is -1.06. The number of rotatable bonds is 4. The number of ether oxygens (including phenoxy) is 4. The molecular formula is C26H24N2O9. The topological polar surface area (TPSA) is 129 Å². The number of piperazine rings is 1. The molecule has 37 heavy (non-hydrogen) atoms. The number of benzene rings is 2. The average molecular weight is 508 g/mol. The molecule has 1 saturated heterocycles. The van der Waals surface area contributed by atoms with Crippen molar-refractivity contribution in [2.45, 2.75) is 39.3 Å². The number of nitrogens with zero attached hydrogens (tertiary/aromatic N) is 2. The highest BCUT2D eigenvalue weighted by atomic mass is 16.7. The van der Waals surface area contributed by atoms with E-state index in [4.69, 9.17) is 18.9 Å². The van der Waals surface area contributed by atoms with Crippen LogP contribution in [0.4, 0.5) is 0 Å². The van der Waals surface area contributed by atoms with Crippen LogP contribution in [0.2, 0.25) is 0 Å². The molecule has 11 heteroatoms. The Labute approximate surface area is 211 Å². The van der Waals surface area contributed by atoms with Gasteiger partial charge in [-0.1, -0.05) is 18.2 Å². The maximum Gasteiger partial charge on any atom is 0.338 e. The lowest BCUT2D eigenvalue weighted by Crippen LogP contribution is -2.64. The van der Waals surface area contributed by atoms with E-state index >= 15 is 0 Å². The van der Waals surface area contributed by atoms with Gasteiger partial charge in [0.05, 0.1) is 11.6 Å². The zero-order valence-electron chi connectivity index (χ0n) is 20.4. The van der Waals surface area contributed by atoms with Crippen LogP contribution < -0.4 is 14.2 Å². The fourth-order valence-electron chi connectivity index (χ4n) is 5.09. The molecule has 0 N–H and O–H groups in total. The van der Waals surface area contributed by atoms with Gasteiger partial charge in [0.1, 0.15) is 24.9 Å². The van der Waals surface area contributed by atoms with Crippen molar-refractivity contribution >= 4 is 29.7 Å². The molecule has 2 atom stereocenters. The monoisotopic (exact) mass is 508 g/mol. The third kappa shape index (κ3) is 4.05. The van der Waals surface area contributed by atoms with Crippen molar-refractivity contribution in [2.24, 2.45) is 0 Å². The standard InChI is InChI=1S/C26H24N2O9/c1-13-22(37-15(3)30)21-17(24-23(13)35-12-36-24)9-18-25(32)27(14(2)29)10-20(31)28(18)19(21)11-34-26(33)16-7-5-4-6-8-16/h4-8,18-19H,9-12H2,1-3H3/t18-,19+/m1/s1. The molecule has 11 nitrogen and oxygen atoms in total. The van der Waals surface area contributed by atoms with Crippen molar-refractivity contribution in [1.82, 2.24) is 9.80 Å². The largest absolute Gasteiger partial charge is 0.460 e.